The van der Waals surface area contributed by atoms with Crippen molar-refractivity contribution in [2.24, 2.45) is 0 Å². The molecule has 0 aromatic carbocycles. The Hall–Kier alpha value is -1.65. The van der Waals surface area contributed by atoms with Crippen molar-refractivity contribution in [3.63, 3.8) is 0 Å². The molecule has 0 amide bonds. The molecule has 3 aromatic heterocycles. The topological polar surface area (TPSA) is 50.8 Å². The molecule has 1 N–H and O–H groups in total. The summed E-state index contributed by atoms with van der Waals surface area (Å²) in [6.45, 7) is 0.499. The zero-order chi connectivity index (χ0) is 11.8. The first-order chi connectivity index (χ1) is 8.28. The van der Waals surface area contributed by atoms with E-state index in [1.54, 1.807) is 13.2 Å². The number of fused-ring (bicyclic) bond motifs is 3. The van der Waals surface area contributed by atoms with Crippen LogP contribution < -0.4 is 0 Å². The molecular formula is C12H10ClN3O. The molecule has 0 saturated heterocycles. The van der Waals surface area contributed by atoms with E-state index in [0.29, 0.717) is 11.8 Å². The summed E-state index contributed by atoms with van der Waals surface area (Å²) >= 11 is 5.86. The van der Waals surface area contributed by atoms with E-state index in [1.165, 1.54) is 0 Å². The van der Waals surface area contributed by atoms with Crippen LogP contribution >= 0.6 is 11.6 Å². The molecule has 86 valence electrons. The number of ether oxygens (including phenoxy) is 1. The third-order valence-electron chi connectivity index (χ3n) is 2.66. The largest absolute Gasteiger partial charge is 0.378 e. The number of hydrogen-bond acceptors (Lipinski definition) is 3. The summed E-state index contributed by atoms with van der Waals surface area (Å²) in [5, 5.41) is 2.55. The summed E-state index contributed by atoms with van der Waals surface area (Å²) < 4.78 is 5.06. The highest BCUT2D eigenvalue weighted by atomic mass is 35.5. The van der Waals surface area contributed by atoms with Crippen molar-refractivity contribution in [2.75, 3.05) is 7.11 Å². The fourth-order valence-corrected chi connectivity index (χ4v) is 2.07. The molecule has 0 aliphatic carbocycles. The molecule has 3 heterocycles. The quantitative estimate of drug-likeness (QED) is 0.709. The average Bonchev–Trinajstić information content (AvgIpc) is 2.65. The van der Waals surface area contributed by atoms with Crippen molar-refractivity contribution in [2.45, 2.75) is 6.61 Å². The van der Waals surface area contributed by atoms with Crippen molar-refractivity contribution >= 4 is 33.5 Å². The summed E-state index contributed by atoms with van der Waals surface area (Å²) in [6, 6.07) is 5.69. The van der Waals surface area contributed by atoms with Gasteiger partial charge in [0.1, 0.15) is 10.8 Å². The van der Waals surface area contributed by atoms with Crippen LogP contribution in [0.15, 0.2) is 24.4 Å². The number of hydrogen-bond donors (Lipinski definition) is 1. The van der Waals surface area contributed by atoms with Gasteiger partial charge in [-0.3, -0.25) is 4.98 Å². The van der Waals surface area contributed by atoms with Crippen molar-refractivity contribution in [3.05, 3.63) is 35.2 Å². The Morgan fingerprint density at radius 1 is 1.35 bits per heavy atom. The Labute approximate surface area is 103 Å². The van der Waals surface area contributed by atoms with Crippen molar-refractivity contribution in [1.82, 2.24) is 15.0 Å². The van der Waals surface area contributed by atoms with E-state index < -0.39 is 0 Å². The van der Waals surface area contributed by atoms with Gasteiger partial charge < -0.3 is 9.72 Å². The van der Waals surface area contributed by atoms with Crippen LogP contribution in [0.2, 0.25) is 5.15 Å². The lowest BCUT2D eigenvalue weighted by atomic mass is 10.2. The molecule has 3 rings (SSSR count). The van der Waals surface area contributed by atoms with Gasteiger partial charge in [-0.2, -0.15) is 0 Å². The lowest BCUT2D eigenvalue weighted by Gasteiger charge is -1.97. The molecule has 0 radical (unpaired) electrons. The maximum atomic E-state index is 5.86. The van der Waals surface area contributed by atoms with E-state index in [9.17, 15) is 0 Å². The van der Waals surface area contributed by atoms with E-state index in [1.807, 2.05) is 18.3 Å². The molecule has 5 heteroatoms. The average molecular weight is 248 g/mol. The number of pyridine rings is 2. The van der Waals surface area contributed by atoms with E-state index >= 15 is 0 Å². The number of methoxy groups -OCH3 is 1. The lowest BCUT2D eigenvalue weighted by molar-refractivity contribution is 0.181. The summed E-state index contributed by atoms with van der Waals surface area (Å²) in [5.74, 6) is 0. The van der Waals surface area contributed by atoms with Crippen LogP contribution in [-0.2, 0) is 11.3 Å². The predicted octanol–water partition coefficient (Wildman–Crippen LogP) is 2.91. The van der Waals surface area contributed by atoms with E-state index in [-0.39, 0.29) is 0 Å². The predicted molar refractivity (Wildman–Crippen MR) is 67.1 cm³/mol. The maximum absolute atomic E-state index is 5.86. The number of halogens is 1. The van der Waals surface area contributed by atoms with Crippen LogP contribution in [0.4, 0.5) is 0 Å². The zero-order valence-electron chi connectivity index (χ0n) is 9.20. The maximum Gasteiger partial charge on any atom is 0.140 e. The standard InChI is InChI=1S/C12H10ClN3O/c1-17-6-7-4-10-9(5-14-7)8-2-3-11(13)16-12(8)15-10/h2-5H,6H2,1H3,(H,15,16). The van der Waals surface area contributed by atoms with Crippen LogP contribution in [0.3, 0.4) is 0 Å². The first-order valence-corrected chi connectivity index (χ1v) is 5.57. The van der Waals surface area contributed by atoms with Gasteiger partial charge in [-0.1, -0.05) is 11.6 Å². The van der Waals surface area contributed by atoms with Crippen molar-refractivity contribution in [3.8, 4) is 0 Å². The van der Waals surface area contributed by atoms with Gasteiger partial charge in [0.25, 0.3) is 0 Å². The third-order valence-corrected chi connectivity index (χ3v) is 2.87. The van der Waals surface area contributed by atoms with Crippen molar-refractivity contribution in [1.29, 1.82) is 0 Å². The molecule has 0 atom stereocenters. The lowest BCUT2D eigenvalue weighted by Crippen LogP contribution is -1.90. The molecular weight excluding hydrogens is 238 g/mol. The Bertz CT molecular complexity index is 693. The molecule has 0 fully saturated rings. The molecule has 4 nitrogen and oxygen atoms in total. The Kier molecular flexibility index (Phi) is 2.46. The summed E-state index contributed by atoms with van der Waals surface area (Å²) in [5.41, 5.74) is 2.67. The second kappa shape index (κ2) is 3.98. The van der Waals surface area contributed by atoms with Crippen LogP contribution in [0, 0.1) is 0 Å². The highest BCUT2D eigenvalue weighted by Gasteiger charge is 2.07. The minimum absolute atomic E-state index is 0.481. The van der Waals surface area contributed by atoms with Gasteiger partial charge in [-0.05, 0) is 18.2 Å². The molecule has 0 bridgehead atoms. The van der Waals surface area contributed by atoms with Crippen molar-refractivity contribution < 1.29 is 4.74 Å². The minimum atomic E-state index is 0.481. The summed E-state index contributed by atoms with van der Waals surface area (Å²) in [4.78, 5) is 11.8. The number of aromatic nitrogens is 3. The monoisotopic (exact) mass is 247 g/mol. The molecule has 0 spiro atoms. The smallest absolute Gasteiger partial charge is 0.140 e. The molecule has 17 heavy (non-hydrogen) atoms. The van der Waals surface area contributed by atoms with Crippen LogP contribution in [0.1, 0.15) is 5.69 Å². The minimum Gasteiger partial charge on any atom is -0.378 e. The van der Waals surface area contributed by atoms with E-state index in [0.717, 1.165) is 27.6 Å². The first-order valence-electron chi connectivity index (χ1n) is 5.20. The second-order valence-electron chi connectivity index (χ2n) is 3.81. The van der Waals surface area contributed by atoms with E-state index in [2.05, 4.69) is 15.0 Å². The second-order valence-corrected chi connectivity index (χ2v) is 4.20. The van der Waals surface area contributed by atoms with Gasteiger partial charge in [0.2, 0.25) is 0 Å². The van der Waals surface area contributed by atoms with Crippen LogP contribution in [0.5, 0.6) is 0 Å². The molecule has 0 saturated carbocycles. The van der Waals surface area contributed by atoms with Gasteiger partial charge in [0.15, 0.2) is 0 Å². The van der Waals surface area contributed by atoms with Gasteiger partial charge in [0.05, 0.1) is 17.8 Å². The molecule has 0 aliphatic rings. The number of rotatable bonds is 2. The molecule has 0 unspecified atom stereocenters. The highest BCUT2D eigenvalue weighted by Crippen LogP contribution is 2.25. The van der Waals surface area contributed by atoms with Gasteiger partial charge >= 0.3 is 0 Å². The zero-order valence-corrected chi connectivity index (χ0v) is 9.95. The van der Waals surface area contributed by atoms with E-state index in [4.69, 9.17) is 16.3 Å². The van der Waals surface area contributed by atoms with Gasteiger partial charge in [-0.25, -0.2) is 4.98 Å². The van der Waals surface area contributed by atoms with Gasteiger partial charge in [-0.15, -0.1) is 0 Å². The highest BCUT2D eigenvalue weighted by molar-refractivity contribution is 6.30. The number of nitrogens with one attached hydrogen (secondary N) is 1. The molecule has 3 aromatic rings. The summed E-state index contributed by atoms with van der Waals surface area (Å²) in [6.07, 6.45) is 1.83. The Morgan fingerprint density at radius 3 is 3.06 bits per heavy atom. The fraction of sp³-hybridized carbons (Fsp3) is 0.167. The number of aromatic amines is 1. The summed E-state index contributed by atoms with van der Waals surface area (Å²) in [7, 11) is 1.65. The van der Waals surface area contributed by atoms with Gasteiger partial charge in [0, 0.05) is 24.1 Å². The third kappa shape index (κ3) is 1.75. The Balaban J connectivity index is 2.27. The SMILES string of the molecule is COCc1cc2[nH]c3nc(Cl)ccc3c2cn1. The fourth-order valence-electron chi connectivity index (χ4n) is 1.92. The number of H-pyrrole nitrogens is 1. The Morgan fingerprint density at radius 2 is 2.24 bits per heavy atom. The number of nitrogens with zero attached hydrogens (tertiary/aromatic N) is 2. The van der Waals surface area contributed by atoms with Crippen LogP contribution in [-0.4, -0.2) is 22.1 Å². The normalized spacial score (nSPS) is 11.4. The molecule has 0 aliphatic heterocycles. The first kappa shape index (κ1) is 10.5. The van der Waals surface area contributed by atoms with Crippen LogP contribution in [0.25, 0.3) is 21.9 Å².